The van der Waals surface area contributed by atoms with E-state index < -0.39 is 0 Å². The highest BCUT2D eigenvalue weighted by Crippen LogP contribution is 2.41. The SMILES string of the molecule is CC1(C)CN(CC2CCC(C)(C)C2N)CC(C)(C)O1. The van der Waals surface area contributed by atoms with E-state index >= 15 is 0 Å². The molecule has 1 saturated heterocycles. The first kappa shape index (κ1) is 15.3. The Bertz CT molecular complexity index is 320. The maximum atomic E-state index is 6.45. The van der Waals surface area contributed by atoms with Gasteiger partial charge >= 0.3 is 0 Å². The molecule has 0 aromatic heterocycles. The standard InChI is InChI=1S/C16H32N2O/c1-14(2)8-7-12(13(14)17)9-18-10-15(3,4)19-16(5,6)11-18/h12-13H,7-11,17H2,1-6H3. The van der Waals surface area contributed by atoms with Crippen molar-refractivity contribution in [3.05, 3.63) is 0 Å². The molecule has 3 nitrogen and oxygen atoms in total. The normalized spacial score (nSPS) is 37.4. The molecule has 0 aromatic rings. The van der Waals surface area contributed by atoms with Crippen molar-refractivity contribution >= 4 is 0 Å². The number of nitrogens with two attached hydrogens (primary N) is 1. The van der Waals surface area contributed by atoms with Gasteiger partial charge in [0, 0.05) is 25.7 Å². The monoisotopic (exact) mass is 268 g/mol. The fraction of sp³-hybridized carbons (Fsp3) is 1.00. The summed E-state index contributed by atoms with van der Waals surface area (Å²) in [4.78, 5) is 2.56. The van der Waals surface area contributed by atoms with Crippen LogP contribution in [-0.2, 0) is 4.74 Å². The molecular weight excluding hydrogens is 236 g/mol. The van der Waals surface area contributed by atoms with Crippen molar-refractivity contribution in [2.45, 2.75) is 71.6 Å². The van der Waals surface area contributed by atoms with Crippen molar-refractivity contribution in [1.29, 1.82) is 0 Å². The molecule has 2 unspecified atom stereocenters. The van der Waals surface area contributed by atoms with Gasteiger partial charge in [0.05, 0.1) is 11.2 Å². The van der Waals surface area contributed by atoms with Crippen molar-refractivity contribution in [1.82, 2.24) is 4.90 Å². The first-order chi connectivity index (χ1) is 8.51. The van der Waals surface area contributed by atoms with Crippen molar-refractivity contribution in [2.75, 3.05) is 19.6 Å². The Labute approximate surface area is 118 Å². The second-order valence-corrected chi connectivity index (χ2v) is 8.60. The highest BCUT2D eigenvalue weighted by Gasteiger charge is 2.43. The lowest BCUT2D eigenvalue weighted by molar-refractivity contribution is -0.182. The Morgan fingerprint density at radius 1 is 1.05 bits per heavy atom. The number of morpholine rings is 1. The minimum absolute atomic E-state index is 0.0556. The molecule has 0 radical (unpaired) electrons. The van der Waals surface area contributed by atoms with Crippen molar-refractivity contribution in [2.24, 2.45) is 17.1 Å². The summed E-state index contributed by atoms with van der Waals surface area (Å²) in [6.07, 6.45) is 2.53. The zero-order valence-electron chi connectivity index (χ0n) is 13.6. The number of rotatable bonds is 2. The van der Waals surface area contributed by atoms with Gasteiger partial charge in [0.2, 0.25) is 0 Å². The Hall–Kier alpha value is -0.120. The predicted octanol–water partition coefficient (Wildman–Crippen LogP) is 2.64. The molecule has 3 heteroatoms. The molecule has 0 bridgehead atoms. The molecule has 112 valence electrons. The summed E-state index contributed by atoms with van der Waals surface area (Å²) >= 11 is 0. The van der Waals surface area contributed by atoms with Crippen LogP contribution >= 0.6 is 0 Å². The summed E-state index contributed by atoms with van der Waals surface area (Å²) in [6.45, 7) is 16.5. The molecule has 2 N–H and O–H groups in total. The van der Waals surface area contributed by atoms with Gasteiger partial charge in [0.15, 0.2) is 0 Å². The topological polar surface area (TPSA) is 38.5 Å². The summed E-state index contributed by atoms with van der Waals surface area (Å²) in [5.41, 5.74) is 6.65. The van der Waals surface area contributed by atoms with E-state index in [4.69, 9.17) is 10.5 Å². The van der Waals surface area contributed by atoms with Crippen LogP contribution in [0, 0.1) is 11.3 Å². The zero-order chi connectivity index (χ0) is 14.5. The fourth-order valence-electron chi connectivity index (χ4n) is 4.15. The van der Waals surface area contributed by atoms with Gasteiger partial charge < -0.3 is 10.5 Å². The summed E-state index contributed by atoms with van der Waals surface area (Å²) in [7, 11) is 0. The van der Waals surface area contributed by atoms with Crippen LogP contribution in [0.3, 0.4) is 0 Å². The van der Waals surface area contributed by atoms with Gasteiger partial charge in [-0.3, -0.25) is 4.90 Å². The second kappa shape index (κ2) is 4.71. The molecule has 1 aliphatic heterocycles. The van der Waals surface area contributed by atoms with E-state index in [1.54, 1.807) is 0 Å². The zero-order valence-corrected chi connectivity index (χ0v) is 13.6. The van der Waals surface area contributed by atoms with Gasteiger partial charge in [-0.15, -0.1) is 0 Å². The molecule has 2 aliphatic rings. The highest BCUT2D eigenvalue weighted by atomic mass is 16.5. The predicted molar refractivity (Wildman–Crippen MR) is 80.2 cm³/mol. The van der Waals surface area contributed by atoms with Crippen LogP contribution in [0.4, 0.5) is 0 Å². The maximum Gasteiger partial charge on any atom is 0.0760 e. The largest absolute Gasteiger partial charge is 0.367 e. The van der Waals surface area contributed by atoms with Crippen LogP contribution in [0.2, 0.25) is 0 Å². The molecule has 0 amide bonds. The highest BCUT2D eigenvalue weighted by molar-refractivity contribution is 4.97. The van der Waals surface area contributed by atoms with Gasteiger partial charge in [-0.25, -0.2) is 0 Å². The minimum Gasteiger partial charge on any atom is -0.367 e. The quantitative estimate of drug-likeness (QED) is 0.837. The Morgan fingerprint density at radius 3 is 2.00 bits per heavy atom. The van der Waals surface area contributed by atoms with E-state index in [9.17, 15) is 0 Å². The molecule has 2 fully saturated rings. The number of hydrogen-bond acceptors (Lipinski definition) is 3. The van der Waals surface area contributed by atoms with Gasteiger partial charge in [-0.2, -0.15) is 0 Å². The van der Waals surface area contributed by atoms with Crippen LogP contribution in [0.5, 0.6) is 0 Å². The van der Waals surface area contributed by atoms with Crippen LogP contribution in [-0.4, -0.2) is 41.8 Å². The second-order valence-electron chi connectivity index (χ2n) is 8.60. The van der Waals surface area contributed by atoms with Crippen LogP contribution in [0.15, 0.2) is 0 Å². The first-order valence-electron chi connectivity index (χ1n) is 7.69. The fourth-order valence-corrected chi connectivity index (χ4v) is 4.15. The first-order valence-corrected chi connectivity index (χ1v) is 7.69. The Balaban J connectivity index is 2.00. The van der Waals surface area contributed by atoms with Gasteiger partial charge in [0.1, 0.15) is 0 Å². The average Bonchev–Trinajstić information content (AvgIpc) is 2.40. The molecule has 2 rings (SSSR count). The van der Waals surface area contributed by atoms with Crippen molar-refractivity contribution in [3.63, 3.8) is 0 Å². The number of ether oxygens (including phenoxy) is 1. The van der Waals surface area contributed by atoms with Gasteiger partial charge in [-0.05, 0) is 51.9 Å². The summed E-state index contributed by atoms with van der Waals surface area (Å²) < 4.78 is 6.15. The lowest BCUT2D eigenvalue weighted by Crippen LogP contribution is -2.58. The van der Waals surface area contributed by atoms with E-state index in [1.807, 2.05) is 0 Å². The van der Waals surface area contributed by atoms with Crippen LogP contribution in [0.1, 0.15) is 54.4 Å². The smallest absolute Gasteiger partial charge is 0.0760 e. The molecule has 19 heavy (non-hydrogen) atoms. The Morgan fingerprint density at radius 2 is 1.58 bits per heavy atom. The lowest BCUT2D eigenvalue weighted by Gasteiger charge is -2.48. The van der Waals surface area contributed by atoms with Crippen LogP contribution in [0.25, 0.3) is 0 Å². The third kappa shape index (κ3) is 3.50. The minimum atomic E-state index is -0.0556. The van der Waals surface area contributed by atoms with Gasteiger partial charge in [-0.1, -0.05) is 13.8 Å². The van der Waals surface area contributed by atoms with E-state index in [1.165, 1.54) is 12.8 Å². The molecular formula is C16H32N2O. The molecule has 1 saturated carbocycles. The Kier molecular flexibility index (Phi) is 3.79. The molecule has 1 aliphatic carbocycles. The van der Waals surface area contributed by atoms with E-state index in [0.717, 1.165) is 19.6 Å². The third-order valence-corrected chi connectivity index (χ3v) is 4.82. The summed E-state index contributed by atoms with van der Waals surface area (Å²) in [5.74, 6) is 0.639. The number of hydrogen-bond donors (Lipinski definition) is 1. The van der Waals surface area contributed by atoms with Crippen molar-refractivity contribution < 1.29 is 4.74 Å². The maximum absolute atomic E-state index is 6.45. The lowest BCUT2D eigenvalue weighted by atomic mass is 9.85. The molecule has 0 spiro atoms. The van der Waals surface area contributed by atoms with E-state index in [-0.39, 0.29) is 11.2 Å². The summed E-state index contributed by atoms with van der Waals surface area (Å²) in [5, 5.41) is 0. The van der Waals surface area contributed by atoms with E-state index in [2.05, 4.69) is 46.4 Å². The summed E-state index contributed by atoms with van der Waals surface area (Å²) in [6, 6.07) is 0.335. The molecule has 0 aromatic carbocycles. The van der Waals surface area contributed by atoms with Crippen LogP contribution < -0.4 is 5.73 Å². The molecule has 1 heterocycles. The number of nitrogens with zero attached hydrogens (tertiary/aromatic N) is 1. The average molecular weight is 268 g/mol. The van der Waals surface area contributed by atoms with Crippen molar-refractivity contribution in [3.8, 4) is 0 Å². The van der Waals surface area contributed by atoms with Gasteiger partial charge in [0.25, 0.3) is 0 Å². The van der Waals surface area contributed by atoms with E-state index in [0.29, 0.717) is 17.4 Å². The molecule has 2 atom stereocenters. The third-order valence-electron chi connectivity index (χ3n) is 4.82.